The Labute approximate surface area is 245 Å². The summed E-state index contributed by atoms with van der Waals surface area (Å²) in [6.45, 7) is 8.70. The number of rotatable bonds is 10. The van der Waals surface area contributed by atoms with Crippen LogP contribution in [-0.4, -0.2) is 58.4 Å². The molecule has 206 valence electrons. The van der Waals surface area contributed by atoms with Crippen LogP contribution in [0.4, 0.5) is 0 Å². The summed E-state index contributed by atoms with van der Waals surface area (Å²) in [6, 6.07) is 9.08. The first-order valence-electron chi connectivity index (χ1n) is 12.0. The van der Waals surface area contributed by atoms with E-state index in [1.54, 1.807) is 41.8 Å². The summed E-state index contributed by atoms with van der Waals surface area (Å²) < 4.78 is 18.6. The van der Waals surface area contributed by atoms with E-state index in [4.69, 9.17) is 47.5 Å². The van der Waals surface area contributed by atoms with Crippen LogP contribution in [0.2, 0.25) is 10.0 Å². The zero-order valence-electron chi connectivity index (χ0n) is 22.4. The van der Waals surface area contributed by atoms with Crippen LogP contribution in [0.3, 0.4) is 0 Å². The molecule has 0 spiro atoms. The number of hydrogen-bond acceptors (Lipinski definition) is 9. The average Bonchev–Trinajstić information content (AvgIpc) is 3.45. The molecule has 0 N–H and O–H groups in total. The van der Waals surface area contributed by atoms with Crippen molar-refractivity contribution in [3.8, 4) is 33.4 Å². The van der Waals surface area contributed by atoms with Crippen LogP contribution in [0, 0.1) is 13.8 Å². The van der Waals surface area contributed by atoms with Crippen LogP contribution in [0.25, 0.3) is 27.5 Å². The lowest BCUT2D eigenvalue weighted by molar-refractivity contribution is 0.0591. The molecule has 0 aliphatic carbocycles. The second-order valence-corrected chi connectivity index (χ2v) is 12.5. The first kappa shape index (κ1) is 29.4. The van der Waals surface area contributed by atoms with Gasteiger partial charge in [0, 0.05) is 35.2 Å². The minimum atomic E-state index is -0.536. The molecular weight excluding hydrogens is 579 g/mol. The standard InChI is InChI=1S/C27H28Cl2N4O4S2/c1-14(2)38-26-23(17-7-8-19(28)20(29)12-17)31-27(39-26)33-24(25(34)36-6)22(16(4)32-33)18-11-15(3)30-21(13-18)37-10-9-35-5/h7-8,11-14H,9-10H2,1-6H3. The van der Waals surface area contributed by atoms with Crippen molar-refractivity contribution >= 4 is 52.3 Å². The molecule has 0 fully saturated rings. The number of ether oxygens (including phenoxy) is 3. The molecule has 0 unspecified atom stereocenters. The first-order valence-corrected chi connectivity index (χ1v) is 14.5. The number of aryl methyl sites for hydroxylation is 2. The minimum absolute atomic E-state index is 0.263. The van der Waals surface area contributed by atoms with Gasteiger partial charge in [0.15, 0.2) is 5.69 Å². The highest BCUT2D eigenvalue weighted by Gasteiger charge is 2.28. The Kier molecular flexibility index (Phi) is 9.56. The third-order valence-corrected chi connectivity index (χ3v) is 8.48. The fourth-order valence-electron chi connectivity index (χ4n) is 3.89. The third-order valence-electron chi connectivity index (χ3n) is 5.50. The van der Waals surface area contributed by atoms with Crippen LogP contribution in [0.5, 0.6) is 5.88 Å². The van der Waals surface area contributed by atoms with Crippen molar-refractivity contribution in [2.45, 2.75) is 37.2 Å². The number of hydrogen-bond donors (Lipinski definition) is 0. The molecule has 0 saturated carbocycles. The lowest BCUT2D eigenvalue weighted by Crippen LogP contribution is -2.11. The summed E-state index contributed by atoms with van der Waals surface area (Å²) in [5, 5.41) is 6.47. The number of aromatic nitrogens is 4. The summed E-state index contributed by atoms with van der Waals surface area (Å²) in [5.41, 5.74) is 4.54. The summed E-state index contributed by atoms with van der Waals surface area (Å²) in [5.74, 6) is -0.108. The van der Waals surface area contributed by atoms with Gasteiger partial charge >= 0.3 is 5.97 Å². The number of thiazole rings is 1. The average molecular weight is 608 g/mol. The fourth-order valence-corrected chi connectivity index (χ4v) is 6.66. The Balaban J connectivity index is 1.88. The molecule has 0 saturated heterocycles. The number of benzene rings is 1. The van der Waals surface area contributed by atoms with E-state index in [0.29, 0.717) is 50.8 Å². The monoisotopic (exact) mass is 606 g/mol. The lowest BCUT2D eigenvalue weighted by Gasteiger charge is -2.10. The number of nitrogens with zero attached hydrogens (tertiary/aromatic N) is 4. The molecule has 0 bridgehead atoms. The smallest absolute Gasteiger partial charge is 0.357 e. The Hall–Kier alpha value is -2.63. The van der Waals surface area contributed by atoms with Crippen LogP contribution < -0.4 is 4.74 Å². The molecule has 3 heterocycles. The van der Waals surface area contributed by atoms with Crippen molar-refractivity contribution in [1.29, 1.82) is 0 Å². The Morgan fingerprint density at radius 2 is 1.82 bits per heavy atom. The molecule has 1 aromatic carbocycles. The molecule has 0 amide bonds. The van der Waals surface area contributed by atoms with Gasteiger partial charge in [-0.1, -0.05) is 54.5 Å². The van der Waals surface area contributed by atoms with Gasteiger partial charge in [-0.15, -0.1) is 11.8 Å². The zero-order valence-corrected chi connectivity index (χ0v) is 25.5. The predicted octanol–water partition coefficient (Wildman–Crippen LogP) is 7.29. The number of thioether (sulfide) groups is 1. The van der Waals surface area contributed by atoms with Crippen molar-refractivity contribution in [2.24, 2.45) is 0 Å². The molecule has 0 aliphatic rings. The molecule has 8 nitrogen and oxygen atoms in total. The SMILES string of the molecule is COCCOc1cc(-c2c(C)nn(-c3nc(-c4ccc(Cl)c(Cl)c4)c(SC(C)C)s3)c2C(=O)OC)cc(C)n1. The fraction of sp³-hybridized carbons (Fsp3) is 0.333. The molecule has 4 aromatic rings. The van der Waals surface area contributed by atoms with Crippen LogP contribution in [0.15, 0.2) is 34.5 Å². The summed E-state index contributed by atoms with van der Waals surface area (Å²) in [7, 11) is 2.95. The van der Waals surface area contributed by atoms with Crippen molar-refractivity contribution < 1.29 is 19.0 Å². The lowest BCUT2D eigenvalue weighted by atomic mass is 10.0. The van der Waals surface area contributed by atoms with E-state index in [2.05, 4.69) is 18.8 Å². The van der Waals surface area contributed by atoms with E-state index in [1.807, 2.05) is 26.0 Å². The van der Waals surface area contributed by atoms with E-state index >= 15 is 0 Å². The highest BCUT2D eigenvalue weighted by Crippen LogP contribution is 2.42. The number of esters is 1. The molecule has 0 aliphatic heterocycles. The maximum atomic E-state index is 13.2. The first-order chi connectivity index (χ1) is 18.6. The number of carbonyl (C=O) groups is 1. The summed E-state index contributed by atoms with van der Waals surface area (Å²) in [4.78, 5) is 22.6. The van der Waals surface area contributed by atoms with Gasteiger partial charge in [-0.3, -0.25) is 0 Å². The largest absolute Gasteiger partial charge is 0.475 e. The number of pyridine rings is 1. The maximum absolute atomic E-state index is 13.2. The van der Waals surface area contributed by atoms with Crippen LogP contribution >= 0.6 is 46.3 Å². The summed E-state index contributed by atoms with van der Waals surface area (Å²) in [6.07, 6.45) is 0. The number of halogens is 2. The highest BCUT2D eigenvalue weighted by atomic mass is 35.5. The predicted molar refractivity (Wildman–Crippen MR) is 157 cm³/mol. The van der Waals surface area contributed by atoms with E-state index in [-0.39, 0.29) is 5.69 Å². The number of methoxy groups -OCH3 is 2. The van der Waals surface area contributed by atoms with E-state index in [0.717, 1.165) is 26.7 Å². The maximum Gasteiger partial charge on any atom is 0.357 e. The molecule has 4 rings (SSSR count). The second-order valence-electron chi connectivity index (χ2n) is 8.82. The highest BCUT2D eigenvalue weighted by molar-refractivity contribution is 8.01. The molecule has 39 heavy (non-hydrogen) atoms. The summed E-state index contributed by atoms with van der Waals surface area (Å²) >= 11 is 15.6. The second kappa shape index (κ2) is 12.7. The van der Waals surface area contributed by atoms with Crippen molar-refractivity contribution in [3.63, 3.8) is 0 Å². The van der Waals surface area contributed by atoms with E-state index < -0.39 is 5.97 Å². The van der Waals surface area contributed by atoms with Gasteiger partial charge in [0.2, 0.25) is 11.0 Å². The zero-order chi connectivity index (χ0) is 28.3. The third kappa shape index (κ3) is 6.58. The van der Waals surface area contributed by atoms with Gasteiger partial charge in [0.1, 0.15) is 6.61 Å². The quantitative estimate of drug-likeness (QED) is 0.106. The normalized spacial score (nSPS) is 11.3. The van der Waals surface area contributed by atoms with Crippen LogP contribution in [-0.2, 0) is 9.47 Å². The Morgan fingerprint density at radius 3 is 2.49 bits per heavy atom. The van der Waals surface area contributed by atoms with Crippen molar-refractivity contribution in [1.82, 2.24) is 19.7 Å². The van der Waals surface area contributed by atoms with Crippen molar-refractivity contribution in [2.75, 3.05) is 27.4 Å². The topological polar surface area (TPSA) is 88.4 Å². The molecule has 0 atom stereocenters. The molecule has 3 aromatic heterocycles. The van der Waals surface area contributed by atoms with E-state index in [1.165, 1.54) is 18.4 Å². The van der Waals surface area contributed by atoms with Crippen LogP contribution in [0.1, 0.15) is 35.7 Å². The van der Waals surface area contributed by atoms with Crippen molar-refractivity contribution in [3.05, 3.63) is 57.5 Å². The van der Waals surface area contributed by atoms with Gasteiger partial charge in [-0.05, 0) is 37.6 Å². The van der Waals surface area contributed by atoms with Gasteiger partial charge < -0.3 is 14.2 Å². The van der Waals surface area contributed by atoms with Gasteiger partial charge in [-0.2, -0.15) is 9.78 Å². The molecular formula is C27H28Cl2N4O4S2. The molecule has 12 heteroatoms. The van der Waals surface area contributed by atoms with E-state index in [9.17, 15) is 4.79 Å². The Morgan fingerprint density at radius 1 is 1.05 bits per heavy atom. The number of carbonyl (C=O) groups excluding carboxylic acids is 1. The Bertz CT molecular complexity index is 1500. The minimum Gasteiger partial charge on any atom is -0.475 e. The van der Waals surface area contributed by atoms with Gasteiger partial charge in [-0.25, -0.2) is 14.8 Å². The van der Waals surface area contributed by atoms with Gasteiger partial charge in [0.25, 0.3) is 0 Å². The molecule has 0 radical (unpaired) electrons. The van der Waals surface area contributed by atoms with Gasteiger partial charge in [0.05, 0.1) is 39.4 Å².